The number of carbonyl (C=O) groups is 3. The van der Waals surface area contributed by atoms with E-state index in [0.717, 1.165) is 41.5 Å². The van der Waals surface area contributed by atoms with Gasteiger partial charge in [0.15, 0.2) is 6.10 Å². The number of alkyl carbamates (subject to hydrolysis) is 1. The summed E-state index contributed by atoms with van der Waals surface area (Å²) in [7, 11) is 1.28. The molecule has 186 valence electrons. The van der Waals surface area contributed by atoms with Crippen molar-refractivity contribution in [3.05, 3.63) is 59.7 Å². The van der Waals surface area contributed by atoms with Gasteiger partial charge in [0.05, 0.1) is 12.1 Å². The fraction of sp³-hybridized carbons (Fsp3) is 0.444. The zero-order chi connectivity index (χ0) is 24.8. The van der Waals surface area contributed by atoms with Gasteiger partial charge in [0.25, 0.3) is 0 Å². The lowest BCUT2D eigenvalue weighted by atomic mass is 9.79. The maximum atomic E-state index is 12.9. The standard InChI is InChI=1S/C27H32N2O6/c1-34-23(25(31)32)16-28-24(30)15-27(13-7-2-8-14-27)29-26(33)35-17-22-20-11-5-3-9-18(20)19-10-4-6-12-21(19)22/h3-6,9-12,22-23H,2,7-8,13-17H2,1H3,(H,28,30)(H,29,33)(H,31,32). The number of aliphatic carboxylic acids is 1. The summed E-state index contributed by atoms with van der Waals surface area (Å²) in [6.07, 6.45) is 2.57. The quantitative estimate of drug-likeness (QED) is 0.503. The smallest absolute Gasteiger partial charge is 0.407 e. The molecular formula is C27H32N2O6. The van der Waals surface area contributed by atoms with Gasteiger partial charge in [-0.05, 0) is 35.1 Å². The molecule has 1 atom stereocenters. The number of carboxylic acid groups (broad SMARTS) is 1. The third kappa shape index (κ3) is 5.65. The van der Waals surface area contributed by atoms with Crippen LogP contribution in [0.1, 0.15) is 55.6 Å². The van der Waals surface area contributed by atoms with Gasteiger partial charge in [-0.2, -0.15) is 0 Å². The number of amides is 2. The number of hydrogen-bond acceptors (Lipinski definition) is 5. The summed E-state index contributed by atoms with van der Waals surface area (Å²) in [6.45, 7) is 0.0714. The first-order valence-corrected chi connectivity index (χ1v) is 12.1. The number of nitrogens with one attached hydrogen (secondary N) is 2. The van der Waals surface area contributed by atoms with Crippen molar-refractivity contribution in [2.45, 2.75) is 56.1 Å². The molecular weight excluding hydrogens is 448 g/mol. The van der Waals surface area contributed by atoms with E-state index in [4.69, 9.17) is 14.6 Å². The van der Waals surface area contributed by atoms with Crippen molar-refractivity contribution in [2.75, 3.05) is 20.3 Å². The summed E-state index contributed by atoms with van der Waals surface area (Å²) in [4.78, 5) is 36.7. The number of ether oxygens (including phenoxy) is 2. The third-order valence-corrected chi connectivity index (χ3v) is 7.07. The first kappa shape index (κ1) is 24.7. The molecule has 8 nitrogen and oxygen atoms in total. The lowest BCUT2D eigenvalue weighted by Crippen LogP contribution is -2.53. The van der Waals surface area contributed by atoms with Gasteiger partial charge in [-0.1, -0.05) is 67.8 Å². The lowest BCUT2D eigenvalue weighted by molar-refractivity contribution is -0.148. The summed E-state index contributed by atoms with van der Waals surface area (Å²) in [5, 5.41) is 14.7. The van der Waals surface area contributed by atoms with E-state index in [1.54, 1.807) is 0 Å². The molecule has 0 bridgehead atoms. The van der Waals surface area contributed by atoms with Gasteiger partial charge in [0, 0.05) is 19.4 Å². The van der Waals surface area contributed by atoms with Crippen LogP contribution in [0.25, 0.3) is 11.1 Å². The molecule has 0 spiro atoms. The highest BCUT2D eigenvalue weighted by Gasteiger charge is 2.37. The Bertz CT molecular complexity index is 1030. The Morgan fingerprint density at radius 1 is 1.00 bits per heavy atom. The molecule has 1 fully saturated rings. The van der Waals surface area contributed by atoms with E-state index < -0.39 is 23.7 Å². The number of carboxylic acids is 1. The SMILES string of the molecule is COC(CNC(=O)CC1(NC(=O)OCC2c3ccccc3-c3ccccc32)CCCCC1)C(=O)O. The number of hydrogen-bond donors (Lipinski definition) is 3. The average Bonchev–Trinajstić information content (AvgIpc) is 3.17. The largest absolute Gasteiger partial charge is 0.479 e. The van der Waals surface area contributed by atoms with Crippen LogP contribution in [0.5, 0.6) is 0 Å². The number of methoxy groups -OCH3 is 1. The molecule has 0 heterocycles. The minimum absolute atomic E-state index is 0.0410. The van der Waals surface area contributed by atoms with Crippen molar-refractivity contribution in [2.24, 2.45) is 0 Å². The van der Waals surface area contributed by atoms with Crippen molar-refractivity contribution in [1.29, 1.82) is 0 Å². The zero-order valence-corrected chi connectivity index (χ0v) is 19.9. The number of fused-ring (bicyclic) bond motifs is 3. The summed E-state index contributed by atoms with van der Waals surface area (Å²) >= 11 is 0. The second kappa shape index (κ2) is 10.9. The Labute approximate surface area is 205 Å². The number of benzene rings is 2. The molecule has 2 aliphatic rings. The lowest BCUT2D eigenvalue weighted by Gasteiger charge is -2.37. The van der Waals surface area contributed by atoms with E-state index in [1.165, 1.54) is 7.11 Å². The van der Waals surface area contributed by atoms with Crippen LogP contribution in [-0.2, 0) is 19.1 Å². The van der Waals surface area contributed by atoms with Crippen LogP contribution in [-0.4, -0.2) is 55.0 Å². The van der Waals surface area contributed by atoms with Crippen molar-refractivity contribution >= 4 is 18.0 Å². The Kier molecular flexibility index (Phi) is 7.70. The van der Waals surface area contributed by atoms with Crippen LogP contribution >= 0.6 is 0 Å². The van der Waals surface area contributed by atoms with Gasteiger partial charge in [-0.3, -0.25) is 4.79 Å². The first-order valence-electron chi connectivity index (χ1n) is 12.1. The van der Waals surface area contributed by atoms with Crippen molar-refractivity contribution in [1.82, 2.24) is 10.6 Å². The molecule has 0 aliphatic heterocycles. The van der Waals surface area contributed by atoms with E-state index in [2.05, 4.69) is 34.9 Å². The highest BCUT2D eigenvalue weighted by atomic mass is 16.5. The van der Waals surface area contributed by atoms with E-state index >= 15 is 0 Å². The molecule has 0 aromatic heterocycles. The first-order chi connectivity index (χ1) is 16.9. The van der Waals surface area contributed by atoms with Gasteiger partial charge in [-0.25, -0.2) is 9.59 Å². The maximum Gasteiger partial charge on any atom is 0.407 e. The molecule has 8 heteroatoms. The summed E-state index contributed by atoms with van der Waals surface area (Å²) in [5.41, 5.74) is 3.89. The van der Waals surface area contributed by atoms with E-state index in [-0.39, 0.29) is 31.4 Å². The summed E-state index contributed by atoms with van der Waals surface area (Å²) in [5.74, 6) is -1.51. The van der Waals surface area contributed by atoms with Gasteiger partial charge < -0.3 is 25.2 Å². The highest BCUT2D eigenvalue weighted by Crippen LogP contribution is 2.44. The fourth-order valence-electron chi connectivity index (χ4n) is 5.27. The zero-order valence-electron chi connectivity index (χ0n) is 19.9. The van der Waals surface area contributed by atoms with Crippen LogP contribution < -0.4 is 10.6 Å². The third-order valence-electron chi connectivity index (χ3n) is 7.07. The van der Waals surface area contributed by atoms with Gasteiger partial charge in [-0.15, -0.1) is 0 Å². The predicted octanol–water partition coefficient (Wildman–Crippen LogP) is 3.83. The van der Waals surface area contributed by atoms with Crippen LogP contribution in [0.3, 0.4) is 0 Å². The van der Waals surface area contributed by atoms with Crippen LogP contribution in [0.4, 0.5) is 4.79 Å². The molecule has 35 heavy (non-hydrogen) atoms. The molecule has 2 aliphatic carbocycles. The van der Waals surface area contributed by atoms with Gasteiger partial charge >= 0.3 is 12.1 Å². The molecule has 2 aromatic rings. The Morgan fingerprint density at radius 2 is 1.60 bits per heavy atom. The normalized spacial score (nSPS) is 17.1. The molecule has 1 saturated carbocycles. The van der Waals surface area contributed by atoms with E-state index in [9.17, 15) is 14.4 Å². The summed E-state index contributed by atoms with van der Waals surface area (Å²) < 4.78 is 10.6. The second-order valence-corrected chi connectivity index (χ2v) is 9.33. The molecule has 2 aromatic carbocycles. The number of rotatable bonds is 9. The van der Waals surface area contributed by atoms with Crippen LogP contribution in [0.15, 0.2) is 48.5 Å². The Hall–Kier alpha value is -3.39. The molecule has 3 N–H and O–H groups in total. The predicted molar refractivity (Wildman–Crippen MR) is 130 cm³/mol. The Balaban J connectivity index is 1.39. The minimum atomic E-state index is -1.14. The monoisotopic (exact) mass is 480 g/mol. The average molecular weight is 481 g/mol. The van der Waals surface area contributed by atoms with Crippen molar-refractivity contribution in [3.8, 4) is 11.1 Å². The van der Waals surface area contributed by atoms with Crippen molar-refractivity contribution in [3.63, 3.8) is 0 Å². The fourth-order valence-corrected chi connectivity index (χ4v) is 5.27. The van der Waals surface area contributed by atoms with Crippen LogP contribution in [0, 0.1) is 0 Å². The Morgan fingerprint density at radius 3 is 2.17 bits per heavy atom. The maximum absolute atomic E-state index is 12.9. The molecule has 4 rings (SSSR count). The van der Waals surface area contributed by atoms with Crippen molar-refractivity contribution < 1.29 is 29.0 Å². The molecule has 0 radical (unpaired) electrons. The van der Waals surface area contributed by atoms with E-state index in [0.29, 0.717) is 12.8 Å². The highest BCUT2D eigenvalue weighted by molar-refractivity contribution is 5.81. The molecule has 2 amide bonds. The molecule has 1 unspecified atom stereocenters. The van der Waals surface area contributed by atoms with Gasteiger partial charge in [0.2, 0.25) is 5.91 Å². The number of carbonyl (C=O) groups excluding carboxylic acids is 2. The van der Waals surface area contributed by atoms with E-state index in [1.807, 2.05) is 24.3 Å². The topological polar surface area (TPSA) is 114 Å². The summed E-state index contributed by atoms with van der Waals surface area (Å²) in [6, 6.07) is 16.3. The minimum Gasteiger partial charge on any atom is -0.479 e. The second-order valence-electron chi connectivity index (χ2n) is 9.33. The van der Waals surface area contributed by atoms with Crippen LogP contribution in [0.2, 0.25) is 0 Å². The molecule has 0 saturated heterocycles. The van der Waals surface area contributed by atoms with Gasteiger partial charge in [0.1, 0.15) is 6.61 Å².